The zero-order valence-corrected chi connectivity index (χ0v) is 53.1. The van der Waals surface area contributed by atoms with E-state index < -0.39 is 16.1 Å². The summed E-state index contributed by atoms with van der Waals surface area (Å²) in [6.07, 6.45) is 0. The van der Waals surface area contributed by atoms with Crippen LogP contribution >= 0.6 is 0 Å². The van der Waals surface area contributed by atoms with Gasteiger partial charge in [-0.2, -0.15) is 0 Å². The quantitative estimate of drug-likeness (QED) is 0.161. The highest BCUT2D eigenvalue weighted by Gasteiger charge is 2.51. The third-order valence-corrected chi connectivity index (χ3v) is 30.3. The van der Waals surface area contributed by atoms with Gasteiger partial charge in [-0.25, -0.2) is 0 Å². The lowest BCUT2D eigenvalue weighted by Gasteiger charge is -2.28. The number of rotatable bonds is 2. The van der Waals surface area contributed by atoms with Crippen LogP contribution in [0.25, 0.3) is 133 Å². The SMILES string of the molecule is CC1(C)c2ccccc2-c2cc3c(cc21)-c1ccc(-c2cc4c(c5c2oc2ccccc25)-c2ccc5c(c2[Si]4(C)C)[Si](C)(C)c2cc(-c4ccc6c(c4)C(C)(C)c4cc7c(cc4-6)C(C)(C)c4ccccc4-7)c4c(oc6ccccc64)c2-5)cc1C3(C)C. The molecule has 0 atom stereocenters. The van der Waals surface area contributed by atoms with Gasteiger partial charge in [-0.1, -0.05) is 215 Å². The molecule has 0 amide bonds. The third-order valence-electron chi connectivity index (χ3n) is 23.0. The van der Waals surface area contributed by atoms with Crippen LogP contribution in [-0.2, 0) is 21.7 Å². The lowest BCUT2D eigenvalue weighted by Crippen LogP contribution is -2.63. The van der Waals surface area contributed by atoms with Crippen LogP contribution in [0.1, 0.15) is 99.9 Å². The monoisotopic (exact) mass is 1140 g/mol. The maximum absolute atomic E-state index is 7.31. The standard InChI is InChI=1S/C82H66O2Si2/c1-79(2)59-25-17-13-21-45(59)55-37-65-57(39-63(55)79)47-31-29-43(35-61(47)81(65,5)6)53-41-70-73(76-71(53)49-23-15-19-27-67(49)84-76)52-34-33-51-72-69(85(9,10)77(51)78(52)86(70,11)12)42-54(75-74(72)50-24-16-20-28-68(50)83-75)44-30-32-48-58-40-64-56(38-66(58)82(7,8)62(48)36-44)46-22-14-18-26-60(46)80(64,3)4/h13-42H,1-12H3. The van der Waals surface area contributed by atoms with Crippen molar-refractivity contribution in [3.05, 3.63) is 226 Å². The van der Waals surface area contributed by atoms with Crippen molar-refractivity contribution in [3.8, 4) is 89.0 Å². The molecule has 0 saturated carbocycles. The second kappa shape index (κ2) is 15.5. The van der Waals surface area contributed by atoms with Crippen molar-refractivity contribution in [3.63, 3.8) is 0 Å². The minimum absolute atomic E-state index is 0.0636. The molecule has 4 aliphatic carbocycles. The summed E-state index contributed by atoms with van der Waals surface area (Å²) < 4.78 is 14.5. The zero-order chi connectivity index (χ0) is 58.4. The largest absolute Gasteiger partial charge is 0.455 e. The summed E-state index contributed by atoms with van der Waals surface area (Å²) >= 11 is 0. The van der Waals surface area contributed by atoms with Crippen LogP contribution in [0.15, 0.2) is 191 Å². The molecule has 414 valence electrons. The number of fused-ring (bicyclic) bond motifs is 27. The van der Waals surface area contributed by atoms with Crippen LogP contribution in [0.3, 0.4) is 0 Å². The maximum atomic E-state index is 7.31. The highest BCUT2D eigenvalue weighted by molar-refractivity contribution is 7.13. The van der Waals surface area contributed by atoms with E-state index in [1.165, 1.54) is 165 Å². The average Bonchev–Trinajstić information content (AvgIpc) is 1.52. The van der Waals surface area contributed by atoms with Gasteiger partial charge in [-0.05, 0) is 192 Å². The fraction of sp³-hybridized carbons (Fsp3) is 0.195. The van der Waals surface area contributed by atoms with Crippen molar-refractivity contribution in [2.24, 2.45) is 0 Å². The summed E-state index contributed by atoms with van der Waals surface area (Å²) in [5, 5.41) is 11.0. The summed E-state index contributed by atoms with van der Waals surface area (Å²) in [7, 11) is -4.95. The molecular formula is C82H66O2Si2. The van der Waals surface area contributed by atoms with Crippen LogP contribution in [0, 0.1) is 0 Å². The average molecular weight is 1140 g/mol. The molecule has 4 heteroatoms. The van der Waals surface area contributed by atoms with Crippen molar-refractivity contribution < 1.29 is 8.83 Å². The fourth-order valence-electron chi connectivity index (χ4n) is 18.6. The Bertz CT molecular complexity index is 5410. The van der Waals surface area contributed by atoms with E-state index in [0.717, 1.165) is 22.3 Å². The van der Waals surface area contributed by atoms with Crippen LogP contribution in [0.4, 0.5) is 0 Å². The molecule has 86 heavy (non-hydrogen) atoms. The Balaban J connectivity index is 0.776. The van der Waals surface area contributed by atoms with E-state index in [1.807, 2.05) is 0 Å². The minimum Gasteiger partial charge on any atom is -0.455 e. The van der Waals surface area contributed by atoms with Crippen LogP contribution in [0.5, 0.6) is 0 Å². The number of benzene rings is 11. The summed E-state index contributed by atoms with van der Waals surface area (Å²) in [4.78, 5) is 0. The summed E-state index contributed by atoms with van der Waals surface area (Å²) in [5.74, 6) is 0. The predicted octanol–water partition coefficient (Wildman–Crippen LogP) is 19.7. The smallest absolute Gasteiger partial charge is 0.143 e. The van der Waals surface area contributed by atoms with Crippen LogP contribution in [-0.4, -0.2) is 16.1 Å². The molecule has 2 nitrogen and oxygen atoms in total. The van der Waals surface area contributed by atoms with E-state index in [9.17, 15) is 0 Å². The molecule has 0 unspecified atom stereocenters. The Kier molecular flexibility index (Phi) is 8.97. The molecule has 2 aromatic heterocycles. The Morgan fingerprint density at radius 1 is 0.279 bits per heavy atom. The van der Waals surface area contributed by atoms with E-state index in [2.05, 4.69) is 264 Å². The Morgan fingerprint density at radius 2 is 0.640 bits per heavy atom. The Hall–Kier alpha value is -8.55. The van der Waals surface area contributed by atoms with Crippen molar-refractivity contribution >= 4 is 80.8 Å². The Labute approximate surface area is 505 Å². The summed E-state index contributed by atoms with van der Waals surface area (Å²) in [6, 6.07) is 70.8. The molecule has 6 aliphatic rings. The molecule has 0 bridgehead atoms. The van der Waals surface area contributed by atoms with E-state index in [1.54, 1.807) is 10.4 Å². The predicted molar refractivity (Wildman–Crippen MR) is 366 cm³/mol. The first-order chi connectivity index (χ1) is 41.2. The van der Waals surface area contributed by atoms with Gasteiger partial charge in [-0.15, -0.1) is 0 Å². The first-order valence-electron chi connectivity index (χ1n) is 31.2. The molecule has 0 saturated heterocycles. The van der Waals surface area contributed by atoms with E-state index in [0.29, 0.717) is 0 Å². The lowest BCUT2D eigenvalue weighted by atomic mass is 9.79. The highest BCUT2D eigenvalue weighted by Crippen LogP contribution is 2.60. The van der Waals surface area contributed by atoms with Gasteiger partial charge in [-0.3, -0.25) is 0 Å². The fourth-order valence-corrected chi connectivity index (χ4v) is 27.0. The number of furan rings is 2. The zero-order valence-electron chi connectivity index (χ0n) is 51.1. The van der Waals surface area contributed by atoms with E-state index >= 15 is 0 Å². The number of hydrogen-bond donors (Lipinski definition) is 0. The van der Waals surface area contributed by atoms with Gasteiger partial charge in [0, 0.05) is 54.3 Å². The highest BCUT2D eigenvalue weighted by atomic mass is 28.3. The Morgan fingerprint density at radius 3 is 1.15 bits per heavy atom. The van der Waals surface area contributed by atoms with E-state index in [-0.39, 0.29) is 21.7 Å². The second-order valence-electron chi connectivity index (χ2n) is 29.5. The van der Waals surface area contributed by atoms with E-state index in [4.69, 9.17) is 8.83 Å². The maximum Gasteiger partial charge on any atom is 0.143 e. The van der Waals surface area contributed by atoms with Crippen molar-refractivity contribution in [2.75, 3.05) is 0 Å². The molecule has 11 aromatic carbocycles. The molecule has 2 aliphatic heterocycles. The first kappa shape index (κ1) is 49.7. The number of hydrogen-bond acceptors (Lipinski definition) is 2. The minimum atomic E-state index is -2.48. The molecule has 4 heterocycles. The molecule has 13 aromatic rings. The number of para-hydroxylation sites is 2. The van der Waals surface area contributed by atoms with Crippen molar-refractivity contribution in [1.29, 1.82) is 0 Å². The van der Waals surface area contributed by atoms with Crippen molar-refractivity contribution in [2.45, 2.75) is 103 Å². The molecule has 19 rings (SSSR count). The normalized spacial score (nSPS) is 17.6. The van der Waals surface area contributed by atoms with Gasteiger partial charge in [0.15, 0.2) is 0 Å². The van der Waals surface area contributed by atoms with Gasteiger partial charge in [0.05, 0.1) is 0 Å². The molecule has 0 fully saturated rings. The van der Waals surface area contributed by atoms with Crippen LogP contribution < -0.4 is 20.7 Å². The molecule has 0 radical (unpaired) electrons. The van der Waals surface area contributed by atoms with Gasteiger partial charge in [0.2, 0.25) is 0 Å². The van der Waals surface area contributed by atoms with Gasteiger partial charge in [0.1, 0.15) is 38.5 Å². The summed E-state index contributed by atoms with van der Waals surface area (Å²) in [6.45, 7) is 29.9. The molecule has 0 N–H and O–H groups in total. The van der Waals surface area contributed by atoms with Crippen LogP contribution in [0.2, 0.25) is 26.2 Å². The summed E-state index contributed by atoms with van der Waals surface area (Å²) in [5.41, 5.74) is 36.1. The lowest BCUT2D eigenvalue weighted by molar-refractivity contribution is 0.652. The first-order valence-corrected chi connectivity index (χ1v) is 37.2. The van der Waals surface area contributed by atoms with Crippen molar-refractivity contribution in [1.82, 2.24) is 0 Å². The van der Waals surface area contributed by atoms with Gasteiger partial charge in [0.25, 0.3) is 0 Å². The molecule has 0 spiro atoms. The molecular weight excluding hydrogens is 1070 g/mol. The topological polar surface area (TPSA) is 26.3 Å². The third kappa shape index (κ3) is 5.72. The van der Waals surface area contributed by atoms with Gasteiger partial charge < -0.3 is 8.83 Å². The van der Waals surface area contributed by atoms with Gasteiger partial charge >= 0.3 is 0 Å². The second-order valence-corrected chi connectivity index (χ2v) is 38.0.